The van der Waals surface area contributed by atoms with Gasteiger partial charge in [0.05, 0.1) is 29.3 Å². The molecule has 0 saturated carbocycles. The summed E-state index contributed by atoms with van der Waals surface area (Å²) in [5.74, 6) is -0.468. The second kappa shape index (κ2) is 8.88. The predicted molar refractivity (Wildman–Crippen MR) is 118 cm³/mol. The first-order valence-electron chi connectivity index (χ1n) is 11.0. The van der Waals surface area contributed by atoms with E-state index in [0.29, 0.717) is 30.8 Å². The third-order valence-electron chi connectivity index (χ3n) is 6.25. The van der Waals surface area contributed by atoms with E-state index in [1.807, 2.05) is 30.9 Å². The molecule has 0 aliphatic carbocycles. The van der Waals surface area contributed by atoms with Gasteiger partial charge in [-0.1, -0.05) is 6.07 Å². The monoisotopic (exact) mass is 420 g/mol. The average molecular weight is 421 g/mol. The number of carbonyl (C=O) groups excluding carboxylic acids is 3. The van der Waals surface area contributed by atoms with Crippen LogP contribution in [0.25, 0.3) is 0 Å². The fourth-order valence-electron chi connectivity index (χ4n) is 4.58. The minimum atomic E-state index is -0.274. The maximum atomic E-state index is 13.3. The first kappa shape index (κ1) is 21.0. The van der Waals surface area contributed by atoms with Crippen LogP contribution in [-0.4, -0.2) is 58.7 Å². The summed E-state index contributed by atoms with van der Waals surface area (Å²) in [6.45, 7) is 6.94. The largest absolute Gasteiger partial charge is 0.370 e. The highest BCUT2D eigenvalue weighted by molar-refractivity contribution is 6.23. The summed E-state index contributed by atoms with van der Waals surface area (Å²) < 4.78 is 0. The quantitative estimate of drug-likeness (QED) is 0.672. The Bertz CT molecular complexity index is 988. The van der Waals surface area contributed by atoms with Gasteiger partial charge in [0.15, 0.2) is 0 Å². The molecule has 4 rings (SSSR count). The third kappa shape index (κ3) is 3.92. The topological polar surface area (TPSA) is 73.8 Å². The standard InChI is InChI=1S/C24H28N4O3/c1-3-26(4-2)22(29)18-7-6-14-27(16-18)20-9-5-8-19-21(20)24(31)28(23(19)30)15-17-10-12-25-13-11-17/h5,8-13,18H,3-4,6-7,14-16H2,1-2H3. The SMILES string of the molecule is CCN(CC)C(=O)C1CCCN(c2cccc3c2C(=O)N(Cc2ccncc2)C3=O)C1. The van der Waals surface area contributed by atoms with Crippen LogP contribution < -0.4 is 4.90 Å². The van der Waals surface area contributed by atoms with E-state index in [0.717, 1.165) is 30.6 Å². The van der Waals surface area contributed by atoms with Gasteiger partial charge in [-0.2, -0.15) is 0 Å². The van der Waals surface area contributed by atoms with Gasteiger partial charge >= 0.3 is 0 Å². The Kier molecular flexibility index (Phi) is 6.02. The number of benzene rings is 1. The third-order valence-corrected chi connectivity index (χ3v) is 6.25. The van der Waals surface area contributed by atoms with Crippen molar-refractivity contribution in [3.63, 3.8) is 0 Å². The number of piperidine rings is 1. The Morgan fingerprint density at radius 1 is 1.10 bits per heavy atom. The summed E-state index contributed by atoms with van der Waals surface area (Å²) in [4.78, 5) is 48.4. The summed E-state index contributed by atoms with van der Waals surface area (Å²) in [7, 11) is 0. The molecule has 1 aromatic heterocycles. The van der Waals surface area contributed by atoms with Crippen molar-refractivity contribution in [3.8, 4) is 0 Å². The van der Waals surface area contributed by atoms with Crippen molar-refractivity contribution in [3.05, 3.63) is 59.4 Å². The van der Waals surface area contributed by atoms with Gasteiger partial charge in [0, 0.05) is 38.6 Å². The van der Waals surface area contributed by atoms with E-state index in [9.17, 15) is 14.4 Å². The van der Waals surface area contributed by atoms with Crippen molar-refractivity contribution >= 4 is 23.4 Å². The molecule has 162 valence electrons. The Morgan fingerprint density at radius 3 is 2.55 bits per heavy atom. The smallest absolute Gasteiger partial charge is 0.263 e. The molecule has 7 nitrogen and oxygen atoms in total. The summed E-state index contributed by atoms with van der Waals surface area (Å²) >= 11 is 0. The lowest BCUT2D eigenvalue weighted by atomic mass is 9.94. The maximum Gasteiger partial charge on any atom is 0.263 e. The van der Waals surface area contributed by atoms with E-state index >= 15 is 0 Å². The van der Waals surface area contributed by atoms with Crippen LogP contribution >= 0.6 is 0 Å². The van der Waals surface area contributed by atoms with Crippen LogP contribution in [0, 0.1) is 5.92 Å². The molecule has 1 unspecified atom stereocenters. The maximum absolute atomic E-state index is 13.3. The number of amides is 3. The lowest BCUT2D eigenvalue weighted by Gasteiger charge is -2.36. The Labute approximate surface area is 182 Å². The van der Waals surface area contributed by atoms with Gasteiger partial charge in [-0.05, 0) is 56.5 Å². The molecule has 7 heteroatoms. The molecule has 2 aliphatic heterocycles. The van der Waals surface area contributed by atoms with E-state index in [1.54, 1.807) is 30.6 Å². The van der Waals surface area contributed by atoms with Crippen LogP contribution in [0.5, 0.6) is 0 Å². The lowest BCUT2D eigenvalue weighted by Crippen LogP contribution is -2.45. The highest BCUT2D eigenvalue weighted by Gasteiger charge is 2.39. The minimum Gasteiger partial charge on any atom is -0.370 e. The lowest BCUT2D eigenvalue weighted by molar-refractivity contribution is -0.135. The fraction of sp³-hybridized carbons (Fsp3) is 0.417. The molecular weight excluding hydrogens is 392 g/mol. The Hall–Kier alpha value is -3.22. The van der Waals surface area contributed by atoms with E-state index < -0.39 is 0 Å². The van der Waals surface area contributed by atoms with E-state index in [1.165, 1.54) is 4.90 Å². The highest BCUT2D eigenvalue weighted by atomic mass is 16.2. The molecule has 0 N–H and O–H groups in total. The number of anilines is 1. The highest BCUT2D eigenvalue weighted by Crippen LogP contribution is 2.35. The van der Waals surface area contributed by atoms with Crippen LogP contribution in [0.1, 0.15) is 53.0 Å². The van der Waals surface area contributed by atoms with E-state index in [4.69, 9.17) is 0 Å². The normalized spacial score (nSPS) is 18.3. The van der Waals surface area contributed by atoms with Crippen molar-refractivity contribution in [1.29, 1.82) is 0 Å². The van der Waals surface area contributed by atoms with Crippen molar-refractivity contribution in [1.82, 2.24) is 14.8 Å². The van der Waals surface area contributed by atoms with Gasteiger partial charge in [-0.15, -0.1) is 0 Å². The molecule has 1 fully saturated rings. The molecule has 31 heavy (non-hydrogen) atoms. The number of nitrogens with zero attached hydrogens (tertiary/aromatic N) is 4. The molecule has 3 amide bonds. The molecule has 2 aromatic rings. The number of carbonyl (C=O) groups is 3. The van der Waals surface area contributed by atoms with Gasteiger partial charge in [-0.25, -0.2) is 0 Å². The second-order valence-electron chi connectivity index (χ2n) is 8.05. The van der Waals surface area contributed by atoms with Crippen LogP contribution in [0.3, 0.4) is 0 Å². The van der Waals surface area contributed by atoms with Crippen molar-refractivity contribution in [2.24, 2.45) is 5.92 Å². The van der Waals surface area contributed by atoms with Crippen LogP contribution in [0.15, 0.2) is 42.7 Å². The number of hydrogen-bond acceptors (Lipinski definition) is 5. The zero-order chi connectivity index (χ0) is 22.0. The van der Waals surface area contributed by atoms with Crippen LogP contribution in [0.4, 0.5) is 5.69 Å². The van der Waals surface area contributed by atoms with Gasteiger partial charge in [0.1, 0.15) is 0 Å². The molecule has 0 radical (unpaired) electrons. The van der Waals surface area contributed by atoms with Gasteiger partial charge in [0.2, 0.25) is 5.91 Å². The van der Waals surface area contributed by atoms with E-state index in [-0.39, 0.29) is 30.2 Å². The number of imide groups is 1. The van der Waals surface area contributed by atoms with Crippen LogP contribution in [0.2, 0.25) is 0 Å². The van der Waals surface area contributed by atoms with Crippen molar-refractivity contribution < 1.29 is 14.4 Å². The molecule has 1 aromatic carbocycles. The second-order valence-corrected chi connectivity index (χ2v) is 8.05. The van der Waals surface area contributed by atoms with Crippen molar-refractivity contribution in [2.75, 3.05) is 31.1 Å². The van der Waals surface area contributed by atoms with Gasteiger partial charge in [0.25, 0.3) is 11.8 Å². The summed E-state index contributed by atoms with van der Waals surface area (Å²) in [6, 6.07) is 9.04. The molecule has 1 saturated heterocycles. The molecule has 1 atom stereocenters. The molecular formula is C24H28N4O3. The summed E-state index contributed by atoms with van der Waals surface area (Å²) in [5.41, 5.74) is 2.50. The summed E-state index contributed by atoms with van der Waals surface area (Å²) in [6.07, 6.45) is 5.03. The molecule has 2 aliphatic rings. The molecule has 0 spiro atoms. The number of hydrogen-bond donors (Lipinski definition) is 0. The fourth-order valence-corrected chi connectivity index (χ4v) is 4.58. The van der Waals surface area contributed by atoms with Gasteiger partial charge < -0.3 is 9.80 Å². The molecule has 0 bridgehead atoms. The van der Waals surface area contributed by atoms with Gasteiger partial charge in [-0.3, -0.25) is 24.3 Å². The Balaban J connectivity index is 1.59. The number of aromatic nitrogens is 1. The number of rotatable bonds is 6. The zero-order valence-corrected chi connectivity index (χ0v) is 18.1. The average Bonchev–Trinajstić information content (AvgIpc) is 3.05. The van der Waals surface area contributed by atoms with Crippen molar-refractivity contribution in [2.45, 2.75) is 33.2 Å². The number of fused-ring (bicyclic) bond motifs is 1. The zero-order valence-electron chi connectivity index (χ0n) is 18.1. The predicted octanol–water partition coefficient (Wildman–Crippen LogP) is 2.96. The number of pyridine rings is 1. The van der Waals surface area contributed by atoms with Crippen LogP contribution in [-0.2, 0) is 11.3 Å². The van der Waals surface area contributed by atoms with E-state index in [2.05, 4.69) is 9.88 Å². The molecule has 3 heterocycles. The first-order valence-corrected chi connectivity index (χ1v) is 11.0. The Morgan fingerprint density at radius 2 is 1.84 bits per heavy atom. The summed E-state index contributed by atoms with van der Waals surface area (Å²) in [5, 5.41) is 0. The minimum absolute atomic E-state index is 0.0929. The first-order chi connectivity index (χ1) is 15.0.